The molecule has 1 aliphatic carbocycles. The number of morpholine rings is 1. The number of benzene rings is 5. The number of hydrogen-bond acceptors (Lipinski definition) is 20. The molecule has 8 N–H and O–H groups in total. The summed E-state index contributed by atoms with van der Waals surface area (Å²) in [6.07, 6.45) is 15.5. The van der Waals surface area contributed by atoms with Crippen molar-refractivity contribution >= 4 is 94.1 Å². The summed E-state index contributed by atoms with van der Waals surface area (Å²) in [5.74, 6) is 3.69. The van der Waals surface area contributed by atoms with Crippen LogP contribution in [0.2, 0.25) is 0 Å². The normalized spacial score (nSPS) is 14.8. The number of aryl methyl sites for hydroxylation is 4. The highest BCUT2D eigenvalue weighted by Crippen LogP contribution is 2.43. The van der Waals surface area contributed by atoms with Gasteiger partial charge in [-0.25, -0.2) is 14.5 Å². The molecule has 7 aromatic heterocycles. The number of hydrogen-bond donors (Lipinski definition) is 7. The molecule has 102 heavy (non-hydrogen) atoms. The van der Waals surface area contributed by atoms with Gasteiger partial charge in [0, 0.05) is 118 Å². The molecule has 0 bridgehead atoms. The second kappa shape index (κ2) is 32.8. The lowest BCUT2D eigenvalue weighted by Gasteiger charge is -2.24. The van der Waals surface area contributed by atoms with Gasteiger partial charge in [-0.2, -0.15) is 15.3 Å². The van der Waals surface area contributed by atoms with Gasteiger partial charge in [0.05, 0.1) is 90.3 Å². The van der Waals surface area contributed by atoms with Crippen molar-refractivity contribution < 1.29 is 38.4 Å². The zero-order valence-corrected chi connectivity index (χ0v) is 60.0. The van der Waals surface area contributed by atoms with E-state index in [2.05, 4.69) is 105 Å². The molecule has 2 aliphatic heterocycles. The van der Waals surface area contributed by atoms with Gasteiger partial charge in [0.2, 0.25) is 0 Å². The molecule has 5 aromatic carbocycles. The third-order valence-corrected chi connectivity index (χ3v) is 19.2. The second-order valence-corrected chi connectivity index (χ2v) is 26.4. The summed E-state index contributed by atoms with van der Waals surface area (Å²) in [4.78, 5) is 65.8. The average molecular weight is 1500 g/mol. The van der Waals surface area contributed by atoms with Gasteiger partial charge in [-0.1, -0.05) is 58.9 Å². The molecule has 2 atom stereocenters. The fourth-order valence-electron chi connectivity index (χ4n) is 12.3. The minimum absolute atomic E-state index is 0.0223. The number of carbonyl (C=O) groups is 3. The quantitative estimate of drug-likeness (QED) is 0.0238. The first-order valence-electron chi connectivity index (χ1n) is 33.3. The molecule has 0 saturated carbocycles. The predicted octanol–water partition coefficient (Wildman–Crippen LogP) is 12.6. The summed E-state index contributed by atoms with van der Waals surface area (Å²) in [5, 5.41) is 37.1. The maximum absolute atomic E-state index is 12.6. The minimum atomic E-state index is -0.160. The van der Waals surface area contributed by atoms with Crippen LogP contribution in [0.25, 0.3) is 65.8 Å². The molecule has 2 fully saturated rings. The van der Waals surface area contributed by atoms with Crippen LogP contribution in [0.4, 0.5) is 17.5 Å². The molecule has 0 spiro atoms. The molecule has 9 heterocycles. The molecule has 522 valence electrons. The van der Waals surface area contributed by atoms with Crippen LogP contribution < -0.4 is 35.9 Å². The number of carbonyl (C=O) groups excluding carboxylic acids is 3. The summed E-state index contributed by atoms with van der Waals surface area (Å²) >= 11 is 7.29. The van der Waals surface area contributed by atoms with Gasteiger partial charge in [-0.15, -0.1) is 4.98 Å². The van der Waals surface area contributed by atoms with Gasteiger partial charge in [0.25, 0.3) is 5.82 Å². The lowest BCUT2D eigenvalue weighted by Crippen LogP contribution is -2.41. The largest absolute Gasteiger partial charge is 0.508 e. The standard InChI is InChI=1S/C21H13NO3.C20H24BrN3O3.C18H19N7O2.C16H19BrN6/c23-12-6-7-15-14(8-12)19-16(22-15)9-13(11-4-2-1-3-5-11)20-17(24)10-18(25)21(19)20;1-13-5-20(27-12-18-11-22-3-4-26-18)15(7-19(13)21)6-17(25)8-16-10-23-14(2)9-24-16;1-20-16-10-22-17(11-21-16)23-15-9-12(24-25-15)18-13(26-2)5-3-6-14(18)27-8-4-7-19;1-10-14(17)15(11-4-3-5-18-6-11)21-16-13(8-20-23(10)16)12-7-19-22(2)9-12/h1-9,22-23H,10H2;5,7,9-10,18,22H,3-4,6,8,11-12H2,1-2H3;3,5-6,9-11H,4,7-8,19H2,2H3,(H2,22,23,24,25);7-9,11,18H,3-6H2,1-2H3/t;18-;;11-/m.0.1/s1. The third kappa shape index (κ3) is 16.6. The van der Waals surface area contributed by atoms with E-state index in [4.69, 9.17) is 36.2 Å². The van der Waals surface area contributed by atoms with Gasteiger partial charge in [-0.05, 0) is 134 Å². The number of nitrogens with zero attached hydrogens (tertiary/aromatic N) is 11. The number of aromatic amines is 2. The number of phenols is 1. The van der Waals surface area contributed by atoms with Crippen LogP contribution in [0.3, 0.4) is 0 Å². The van der Waals surface area contributed by atoms with E-state index in [1.165, 1.54) is 25.2 Å². The number of methoxy groups -OCH3 is 1. The summed E-state index contributed by atoms with van der Waals surface area (Å²) in [6.45, 7) is 18.8. The zero-order valence-electron chi connectivity index (χ0n) is 56.8. The average Bonchev–Trinajstić information content (AvgIpc) is 1.57. The Bertz CT molecular complexity index is 5040. The van der Waals surface area contributed by atoms with E-state index in [1.807, 2.05) is 117 Å². The predicted molar refractivity (Wildman–Crippen MR) is 396 cm³/mol. The number of nitrogens with one attached hydrogen (secondary N) is 5. The van der Waals surface area contributed by atoms with Gasteiger partial charge >= 0.3 is 0 Å². The van der Waals surface area contributed by atoms with Crippen molar-refractivity contribution in [2.24, 2.45) is 12.8 Å². The van der Waals surface area contributed by atoms with Crippen molar-refractivity contribution in [3.63, 3.8) is 0 Å². The number of aromatic hydroxyl groups is 1. The Hall–Kier alpha value is -10.6. The van der Waals surface area contributed by atoms with Crippen molar-refractivity contribution in [1.29, 1.82) is 0 Å². The van der Waals surface area contributed by atoms with Gasteiger partial charge in [-0.3, -0.25) is 34.1 Å². The first kappa shape index (κ1) is 71.2. The molecule has 0 radical (unpaired) electrons. The van der Waals surface area contributed by atoms with Gasteiger partial charge in [0.1, 0.15) is 41.5 Å². The SMILES string of the molecule is Cc1c(Br)c([C@@H]2CCCNC2)nc2c(-c3cnn(C)c3)cnn12.Cc1cnc(CC(=O)Cc2cc(Br)c(C)cc2OC[C@@H]2CNCCO2)cn1.O=C1CC(=O)c2c1c(-c1ccccc1)cc1[nH]c3ccc(O)cc3c21.[C-]#[N+]c1cnc(Nc2cc(-c3c(OC)cccc3OCCCN)[nH]n2)cn1. The van der Waals surface area contributed by atoms with Crippen molar-refractivity contribution in [1.82, 2.24) is 70.1 Å². The lowest BCUT2D eigenvalue weighted by atomic mass is 9.93. The topological polar surface area (TPSA) is 319 Å². The van der Waals surface area contributed by atoms with E-state index in [1.54, 1.807) is 42.4 Å². The zero-order chi connectivity index (χ0) is 71.4. The number of anilines is 2. The van der Waals surface area contributed by atoms with E-state index in [0.717, 1.165) is 136 Å². The number of H-pyrrole nitrogens is 2. The molecule has 2 saturated heterocycles. The summed E-state index contributed by atoms with van der Waals surface area (Å²) in [5.41, 5.74) is 19.9. The highest BCUT2D eigenvalue weighted by atomic mass is 79.9. The Kier molecular flexibility index (Phi) is 22.9. The molecule has 25 nitrogen and oxygen atoms in total. The number of rotatable bonds is 18. The van der Waals surface area contributed by atoms with Crippen LogP contribution in [0.5, 0.6) is 23.0 Å². The van der Waals surface area contributed by atoms with E-state index < -0.39 is 0 Å². The minimum Gasteiger partial charge on any atom is -0.508 e. The maximum Gasteiger partial charge on any atom is 0.288 e. The van der Waals surface area contributed by atoms with Crippen molar-refractivity contribution in [2.45, 2.75) is 71.3 Å². The molecule has 0 amide bonds. The number of piperidine rings is 1. The monoisotopic (exact) mass is 1500 g/mol. The molecule has 15 rings (SSSR count). The van der Waals surface area contributed by atoms with Crippen molar-refractivity contribution in [3.05, 3.63) is 200 Å². The molecule has 12 aromatic rings. The number of Topliss-reactive ketones (excluding diaryl/α,β-unsaturated/α-hetero) is 3. The van der Waals surface area contributed by atoms with Crippen LogP contribution in [-0.4, -0.2) is 148 Å². The number of ketones is 3. The van der Waals surface area contributed by atoms with Crippen LogP contribution in [0.15, 0.2) is 143 Å². The van der Waals surface area contributed by atoms with Crippen molar-refractivity contribution in [3.8, 4) is 56.5 Å². The number of ether oxygens (including phenoxy) is 4. The summed E-state index contributed by atoms with van der Waals surface area (Å²) in [6, 6.07) is 27.9. The van der Waals surface area contributed by atoms with Gasteiger partial charge < -0.3 is 55.6 Å². The Balaban J connectivity index is 0.000000129. The second-order valence-electron chi connectivity index (χ2n) is 24.7. The van der Waals surface area contributed by atoms with Crippen molar-refractivity contribution in [2.75, 3.05) is 65.0 Å². The molecule has 0 unspecified atom stereocenters. The number of phenolic OH excluding ortho intramolecular Hbond substituents is 1. The highest BCUT2D eigenvalue weighted by Gasteiger charge is 2.34. The Labute approximate surface area is 604 Å². The molecule has 3 aliphatic rings. The summed E-state index contributed by atoms with van der Waals surface area (Å²) < 4.78 is 28.8. The Morgan fingerprint density at radius 3 is 2.35 bits per heavy atom. The molecular weight excluding hydrogens is 1430 g/mol. The third-order valence-electron chi connectivity index (χ3n) is 17.4. The Morgan fingerprint density at radius 1 is 0.804 bits per heavy atom. The van der Waals surface area contributed by atoms with Crippen LogP contribution in [-0.2, 0) is 29.4 Å². The molecular formula is C75H75Br2N17O8. The lowest BCUT2D eigenvalue weighted by molar-refractivity contribution is -0.117. The summed E-state index contributed by atoms with van der Waals surface area (Å²) in [7, 11) is 3.52. The number of aromatic nitrogens is 12. The molecule has 27 heteroatoms. The van der Waals surface area contributed by atoms with E-state index in [0.29, 0.717) is 72.2 Å². The van der Waals surface area contributed by atoms with E-state index in [-0.39, 0.29) is 54.3 Å². The van der Waals surface area contributed by atoms with E-state index >= 15 is 0 Å². The number of nitrogens with two attached hydrogens (primary N) is 1. The van der Waals surface area contributed by atoms with Crippen LogP contribution in [0, 0.1) is 27.3 Å². The van der Waals surface area contributed by atoms with Crippen LogP contribution in [0.1, 0.15) is 86.2 Å². The maximum atomic E-state index is 12.6. The Morgan fingerprint density at radius 2 is 1.63 bits per heavy atom. The first-order chi connectivity index (χ1) is 49.5. The fourth-order valence-corrected chi connectivity index (χ4v) is 13.3. The number of halogens is 2. The van der Waals surface area contributed by atoms with E-state index in [9.17, 15) is 19.5 Å². The van der Waals surface area contributed by atoms with Crippen LogP contribution >= 0.6 is 31.9 Å². The van der Waals surface area contributed by atoms with Gasteiger partial charge in [0.15, 0.2) is 35.0 Å². The fraction of sp³-hybridized carbons (Fsp3) is 0.280. The first-order valence-corrected chi connectivity index (χ1v) is 34.8. The smallest absolute Gasteiger partial charge is 0.288 e. The highest BCUT2D eigenvalue weighted by molar-refractivity contribution is 9.10. The number of fused-ring (bicyclic) bond motifs is 6.